The van der Waals surface area contributed by atoms with Crippen molar-refractivity contribution >= 4 is 34.6 Å². The van der Waals surface area contributed by atoms with Crippen LogP contribution in [0, 0.1) is 6.92 Å². The number of hydrazone groups is 1. The van der Waals surface area contributed by atoms with E-state index in [0.29, 0.717) is 10.8 Å². The number of carbonyl (C=O) groups is 1. The first-order valence-corrected chi connectivity index (χ1v) is 10.3. The molecule has 0 fully saturated rings. The van der Waals surface area contributed by atoms with E-state index in [1.807, 2.05) is 30.3 Å². The fourth-order valence-corrected chi connectivity index (χ4v) is 3.60. The number of nitrogens with zero attached hydrogens (tertiary/aromatic N) is 2. The molecule has 0 bridgehead atoms. The number of halogens is 1. The molecule has 3 aromatic carbocycles. The normalized spacial score (nSPS) is 11.2. The van der Waals surface area contributed by atoms with Gasteiger partial charge in [-0.05, 0) is 42.8 Å². The van der Waals surface area contributed by atoms with Crippen LogP contribution in [0.1, 0.15) is 16.8 Å². The van der Waals surface area contributed by atoms with Gasteiger partial charge in [-0.1, -0.05) is 60.1 Å². The molecule has 0 unspecified atom stereocenters. The van der Waals surface area contributed by atoms with Crippen LogP contribution in [-0.4, -0.2) is 23.3 Å². The number of fused-ring (bicyclic) bond motifs is 1. The topological polar surface area (TPSA) is 55.6 Å². The lowest BCUT2D eigenvalue weighted by Gasteiger charge is -2.08. The van der Waals surface area contributed by atoms with Crippen molar-refractivity contribution in [2.45, 2.75) is 13.5 Å². The Morgan fingerprint density at radius 3 is 2.52 bits per heavy atom. The minimum absolute atomic E-state index is 0.131. The Morgan fingerprint density at radius 2 is 1.74 bits per heavy atom. The van der Waals surface area contributed by atoms with Gasteiger partial charge in [-0.15, -0.1) is 0 Å². The molecule has 1 amide bonds. The standard InChI is InChI=1S/C25H22ClN3O2/c1-18-23(15-27-28-25(30)17-31-21-13-11-20(26)12-14-21)22-9-5-6-10-24(22)29(18)16-19-7-3-2-4-8-19/h2-15H,16-17H2,1H3,(H,28,30)/b27-15+. The van der Waals surface area contributed by atoms with Crippen LogP contribution in [0.3, 0.4) is 0 Å². The third-order valence-corrected chi connectivity index (χ3v) is 5.28. The molecule has 4 aromatic rings. The molecule has 5 nitrogen and oxygen atoms in total. The number of benzene rings is 3. The van der Waals surface area contributed by atoms with Gasteiger partial charge in [0, 0.05) is 33.7 Å². The molecule has 31 heavy (non-hydrogen) atoms. The number of amides is 1. The number of rotatable bonds is 7. The molecule has 1 N–H and O–H groups in total. The number of hydrogen-bond acceptors (Lipinski definition) is 3. The summed E-state index contributed by atoms with van der Waals surface area (Å²) in [6.07, 6.45) is 1.69. The van der Waals surface area contributed by atoms with Gasteiger partial charge in [0.05, 0.1) is 6.21 Å². The molecule has 6 heteroatoms. The van der Waals surface area contributed by atoms with Crippen molar-refractivity contribution in [2.24, 2.45) is 5.10 Å². The SMILES string of the molecule is Cc1c(/C=N/NC(=O)COc2ccc(Cl)cc2)c2ccccc2n1Cc1ccccc1. The molecule has 0 aliphatic heterocycles. The summed E-state index contributed by atoms with van der Waals surface area (Å²) in [5, 5.41) is 5.86. The van der Waals surface area contributed by atoms with Crippen molar-refractivity contribution in [3.63, 3.8) is 0 Å². The van der Waals surface area contributed by atoms with Crippen LogP contribution in [0.4, 0.5) is 0 Å². The van der Waals surface area contributed by atoms with E-state index in [1.165, 1.54) is 5.56 Å². The van der Waals surface area contributed by atoms with Crippen molar-refractivity contribution in [1.82, 2.24) is 9.99 Å². The Bertz CT molecular complexity index is 1210. The van der Waals surface area contributed by atoms with E-state index in [-0.39, 0.29) is 12.5 Å². The van der Waals surface area contributed by atoms with Crippen molar-refractivity contribution in [3.05, 3.63) is 101 Å². The predicted octanol–water partition coefficient (Wildman–Crippen LogP) is 5.18. The fourth-order valence-electron chi connectivity index (χ4n) is 3.47. The average molecular weight is 432 g/mol. The second-order valence-electron chi connectivity index (χ2n) is 7.12. The molecule has 4 rings (SSSR count). The molecule has 0 spiro atoms. The molecular weight excluding hydrogens is 410 g/mol. The van der Waals surface area contributed by atoms with Gasteiger partial charge in [-0.3, -0.25) is 4.79 Å². The van der Waals surface area contributed by atoms with Crippen molar-refractivity contribution in [2.75, 3.05) is 6.61 Å². The highest BCUT2D eigenvalue weighted by atomic mass is 35.5. The van der Waals surface area contributed by atoms with E-state index in [0.717, 1.165) is 28.7 Å². The summed E-state index contributed by atoms with van der Waals surface area (Å²) in [6, 6.07) is 25.4. The minimum atomic E-state index is -0.336. The molecule has 0 saturated heterocycles. The van der Waals surface area contributed by atoms with Gasteiger partial charge in [0.15, 0.2) is 6.61 Å². The monoisotopic (exact) mass is 431 g/mol. The summed E-state index contributed by atoms with van der Waals surface area (Å²) >= 11 is 5.85. The second kappa shape index (κ2) is 9.49. The zero-order valence-electron chi connectivity index (χ0n) is 17.1. The minimum Gasteiger partial charge on any atom is -0.484 e. The van der Waals surface area contributed by atoms with Gasteiger partial charge in [0.25, 0.3) is 5.91 Å². The molecule has 0 atom stereocenters. The van der Waals surface area contributed by atoms with E-state index < -0.39 is 0 Å². The van der Waals surface area contributed by atoms with E-state index in [1.54, 1.807) is 30.5 Å². The summed E-state index contributed by atoms with van der Waals surface area (Å²) in [5.74, 6) is 0.236. The van der Waals surface area contributed by atoms with Gasteiger partial charge in [0.2, 0.25) is 0 Å². The Kier molecular flexibility index (Phi) is 6.34. The molecule has 0 radical (unpaired) electrons. The van der Waals surface area contributed by atoms with Crippen LogP contribution in [0.5, 0.6) is 5.75 Å². The average Bonchev–Trinajstić information content (AvgIpc) is 3.05. The third kappa shape index (κ3) is 4.95. The molecule has 1 aromatic heterocycles. The molecule has 0 aliphatic carbocycles. The Balaban J connectivity index is 1.47. The summed E-state index contributed by atoms with van der Waals surface area (Å²) in [6.45, 7) is 2.70. The first kappa shape index (κ1) is 20.7. The van der Waals surface area contributed by atoms with Crippen LogP contribution in [0.15, 0.2) is 84.0 Å². The van der Waals surface area contributed by atoms with Crippen molar-refractivity contribution in [1.29, 1.82) is 0 Å². The van der Waals surface area contributed by atoms with Crippen molar-refractivity contribution < 1.29 is 9.53 Å². The van der Waals surface area contributed by atoms with Gasteiger partial charge >= 0.3 is 0 Å². The number of hydrogen-bond donors (Lipinski definition) is 1. The van der Waals surface area contributed by atoms with Crippen LogP contribution in [0.25, 0.3) is 10.9 Å². The lowest BCUT2D eigenvalue weighted by molar-refractivity contribution is -0.123. The number of ether oxygens (including phenoxy) is 1. The highest BCUT2D eigenvalue weighted by Crippen LogP contribution is 2.25. The first-order valence-electron chi connectivity index (χ1n) is 9.94. The number of para-hydroxylation sites is 1. The molecule has 156 valence electrons. The maximum atomic E-state index is 12.1. The zero-order chi connectivity index (χ0) is 21.6. The van der Waals surface area contributed by atoms with Crippen LogP contribution in [0.2, 0.25) is 5.02 Å². The maximum Gasteiger partial charge on any atom is 0.277 e. The van der Waals surface area contributed by atoms with Crippen molar-refractivity contribution in [3.8, 4) is 5.75 Å². The highest BCUT2D eigenvalue weighted by Gasteiger charge is 2.12. The molecule has 0 aliphatic rings. The summed E-state index contributed by atoms with van der Waals surface area (Å²) < 4.78 is 7.70. The zero-order valence-corrected chi connectivity index (χ0v) is 17.8. The predicted molar refractivity (Wildman–Crippen MR) is 125 cm³/mol. The van der Waals surface area contributed by atoms with E-state index >= 15 is 0 Å². The molecular formula is C25H22ClN3O2. The van der Waals surface area contributed by atoms with Crippen LogP contribution < -0.4 is 10.2 Å². The lowest BCUT2D eigenvalue weighted by Crippen LogP contribution is -2.24. The van der Waals surface area contributed by atoms with E-state index in [4.69, 9.17) is 16.3 Å². The summed E-state index contributed by atoms with van der Waals surface area (Å²) in [4.78, 5) is 12.1. The molecule has 0 saturated carbocycles. The second-order valence-corrected chi connectivity index (χ2v) is 7.56. The first-order chi connectivity index (χ1) is 15.1. The number of nitrogens with one attached hydrogen (secondary N) is 1. The largest absolute Gasteiger partial charge is 0.484 e. The van der Waals surface area contributed by atoms with Crippen LogP contribution >= 0.6 is 11.6 Å². The van der Waals surface area contributed by atoms with Crippen LogP contribution in [-0.2, 0) is 11.3 Å². The van der Waals surface area contributed by atoms with E-state index in [9.17, 15) is 4.79 Å². The number of carbonyl (C=O) groups excluding carboxylic acids is 1. The maximum absolute atomic E-state index is 12.1. The van der Waals surface area contributed by atoms with Gasteiger partial charge in [-0.25, -0.2) is 5.43 Å². The lowest BCUT2D eigenvalue weighted by atomic mass is 10.1. The van der Waals surface area contributed by atoms with Gasteiger partial charge in [-0.2, -0.15) is 5.10 Å². The smallest absolute Gasteiger partial charge is 0.277 e. The Morgan fingerprint density at radius 1 is 1.03 bits per heavy atom. The third-order valence-electron chi connectivity index (χ3n) is 5.03. The highest BCUT2D eigenvalue weighted by molar-refractivity contribution is 6.30. The Labute approximate surface area is 185 Å². The molecule has 1 heterocycles. The fraction of sp³-hybridized carbons (Fsp3) is 0.120. The Hall–Kier alpha value is -3.57. The quantitative estimate of drug-likeness (QED) is 0.324. The van der Waals surface area contributed by atoms with Gasteiger partial charge in [0.1, 0.15) is 5.75 Å². The summed E-state index contributed by atoms with van der Waals surface area (Å²) in [5.41, 5.74) is 6.95. The van der Waals surface area contributed by atoms with Gasteiger partial charge < -0.3 is 9.30 Å². The van der Waals surface area contributed by atoms with E-state index in [2.05, 4.69) is 46.3 Å². The number of aromatic nitrogens is 1. The summed E-state index contributed by atoms with van der Waals surface area (Å²) in [7, 11) is 0.